The highest BCUT2D eigenvalue weighted by atomic mass is 16.2. The Hall–Kier alpha value is -2.55. The molecule has 3 aromatic rings. The number of carbonyl (C=O) groups is 1. The largest absolute Gasteiger partial charge is 0.356 e. The fourth-order valence-corrected chi connectivity index (χ4v) is 5.55. The quantitative estimate of drug-likeness (QED) is 0.677. The van der Waals surface area contributed by atoms with E-state index in [1.807, 2.05) is 0 Å². The van der Waals surface area contributed by atoms with E-state index in [2.05, 4.69) is 52.3 Å². The van der Waals surface area contributed by atoms with Crippen molar-refractivity contribution >= 4 is 16.8 Å². The molecule has 3 nitrogen and oxygen atoms in total. The molecule has 2 heterocycles. The molecule has 6 rings (SSSR count). The first-order chi connectivity index (χ1) is 13.2. The van der Waals surface area contributed by atoms with Crippen molar-refractivity contribution in [2.24, 2.45) is 0 Å². The molecule has 1 aromatic heterocycles. The van der Waals surface area contributed by atoms with Crippen molar-refractivity contribution in [3.05, 3.63) is 70.4 Å². The number of nitrogens with zero attached hydrogens (tertiary/aromatic N) is 1. The minimum atomic E-state index is 0.00187. The van der Waals surface area contributed by atoms with Gasteiger partial charge in [0.05, 0.1) is 6.04 Å². The van der Waals surface area contributed by atoms with Crippen LogP contribution in [0.25, 0.3) is 10.9 Å². The molecular formula is C24H24N2O. The fraction of sp³-hybridized carbons (Fsp3) is 0.375. The summed E-state index contributed by atoms with van der Waals surface area (Å²) in [6.45, 7) is 2.57. The van der Waals surface area contributed by atoms with Crippen molar-refractivity contribution in [3.63, 3.8) is 0 Å². The number of H-pyrrole nitrogens is 1. The Balaban J connectivity index is 1.60. The van der Waals surface area contributed by atoms with Gasteiger partial charge in [-0.25, -0.2) is 0 Å². The van der Waals surface area contributed by atoms with E-state index in [1.54, 1.807) is 6.92 Å². The molecule has 3 heteroatoms. The van der Waals surface area contributed by atoms with Crippen LogP contribution in [-0.2, 0) is 23.1 Å². The lowest BCUT2D eigenvalue weighted by atomic mass is 9.83. The summed E-state index contributed by atoms with van der Waals surface area (Å²) in [6, 6.07) is 15.6. The van der Waals surface area contributed by atoms with Gasteiger partial charge in [0.25, 0.3) is 0 Å². The minimum Gasteiger partial charge on any atom is -0.356 e. The first-order valence-electron chi connectivity index (χ1n) is 10.2. The number of amides is 1. The second-order valence-electron chi connectivity index (χ2n) is 8.67. The molecule has 0 saturated heterocycles. The van der Waals surface area contributed by atoms with Crippen LogP contribution in [0.5, 0.6) is 0 Å². The molecule has 136 valence electrons. The van der Waals surface area contributed by atoms with E-state index in [0.717, 1.165) is 6.54 Å². The normalized spacial score (nSPS) is 22.1. The van der Waals surface area contributed by atoms with Crippen LogP contribution in [-0.4, -0.2) is 22.3 Å². The summed E-state index contributed by atoms with van der Waals surface area (Å²) in [5, 5.41) is 1.35. The smallest absolute Gasteiger partial charge is 0.220 e. The van der Waals surface area contributed by atoms with Gasteiger partial charge in [-0.1, -0.05) is 36.4 Å². The topological polar surface area (TPSA) is 36.1 Å². The molecule has 1 saturated carbocycles. The zero-order chi connectivity index (χ0) is 18.2. The van der Waals surface area contributed by atoms with E-state index in [4.69, 9.17) is 0 Å². The average molecular weight is 356 g/mol. The van der Waals surface area contributed by atoms with E-state index in [1.165, 1.54) is 71.0 Å². The van der Waals surface area contributed by atoms with Gasteiger partial charge in [-0.05, 0) is 60.4 Å². The number of benzene rings is 2. The summed E-state index contributed by atoms with van der Waals surface area (Å²) < 4.78 is 0. The lowest BCUT2D eigenvalue weighted by Gasteiger charge is -2.40. The third-order valence-electron chi connectivity index (χ3n) is 7.02. The van der Waals surface area contributed by atoms with E-state index in [-0.39, 0.29) is 17.4 Å². The number of rotatable bonds is 1. The van der Waals surface area contributed by atoms with Crippen molar-refractivity contribution in [2.45, 2.75) is 50.5 Å². The maximum Gasteiger partial charge on any atom is 0.220 e. The summed E-state index contributed by atoms with van der Waals surface area (Å²) in [7, 11) is 0. The SMILES string of the molecule is CC(=O)N1CC2(CC2)c2c([nH]c3ccccc23)C1c1ccc2c(c1)CCC2. The minimum absolute atomic E-state index is 0.00187. The Kier molecular flexibility index (Phi) is 3.01. The molecule has 1 amide bonds. The van der Waals surface area contributed by atoms with Gasteiger partial charge in [-0.2, -0.15) is 0 Å². The Morgan fingerprint density at radius 3 is 2.74 bits per heavy atom. The zero-order valence-electron chi connectivity index (χ0n) is 15.7. The molecule has 1 unspecified atom stereocenters. The summed E-state index contributed by atoms with van der Waals surface area (Å²) >= 11 is 0. The fourth-order valence-electron chi connectivity index (χ4n) is 5.55. The van der Waals surface area contributed by atoms with Crippen LogP contribution in [0.4, 0.5) is 0 Å². The van der Waals surface area contributed by atoms with E-state index in [9.17, 15) is 4.79 Å². The predicted molar refractivity (Wildman–Crippen MR) is 107 cm³/mol. The molecule has 1 aliphatic heterocycles. The monoisotopic (exact) mass is 356 g/mol. The number of hydrogen-bond acceptors (Lipinski definition) is 1. The lowest BCUT2D eigenvalue weighted by Crippen LogP contribution is -2.44. The summed E-state index contributed by atoms with van der Waals surface area (Å²) in [4.78, 5) is 18.5. The molecule has 1 spiro atoms. The molecular weight excluding hydrogens is 332 g/mol. The average Bonchev–Trinajstić information content (AvgIpc) is 3.12. The van der Waals surface area contributed by atoms with Crippen molar-refractivity contribution in [1.82, 2.24) is 9.88 Å². The maximum atomic E-state index is 12.7. The van der Waals surface area contributed by atoms with Gasteiger partial charge in [0, 0.05) is 35.5 Å². The zero-order valence-corrected chi connectivity index (χ0v) is 15.7. The lowest BCUT2D eigenvalue weighted by molar-refractivity contribution is -0.131. The molecule has 0 radical (unpaired) electrons. The van der Waals surface area contributed by atoms with Crippen molar-refractivity contribution < 1.29 is 4.79 Å². The van der Waals surface area contributed by atoms with E-state index >= 15 is 0 Å². The Morgan fingerprint density at radius 2 is 1.93 bits per heavy atom. The summed E-state index contributed by atoms with van der Waals surface area (Å²) in [5.41, 5.74) is 8.29. The van der Waals surface area contributed by atoms with Crippen LogP contribution in [0.2, 0.25) is 0 Å². The van der Waals surface area contributed by atoms with Crippen molar-refractivity contribution in [1.29, 1.82) is 0 Å². The van der Waals surface area contributed by atoms with Crippen LogP contribution in [0.3, 0.4) is 0 Å². The number of aromatic amines is 1. The van der Waals surface area contributed by atoms with Crippen LogP contribution in [0.15, 0.2) is 42.5 Å². The highest BCUT2D eigenvalue weighted by Crippen LogP contribution is 2.57. The maximum absolute atomic E-state index is 12.7. The highest BCUT2D eigenvalue weighted by Gasteiger charge is 2.54. The van der Waals surface area contributed by atoms with E-state index < -0.39 is 0 Å². The Labute approximate surface area is 159 Å². The van der Waals surface area contributed by atoms with Gasteiger partial charge in [0.2, 0.25) is 5.91 Å². The molecule has 2 aliphatic carbocycles. The molecule has 3 aliphatic rings. The number of fused-ring (bicyclic) bond motifs is 5. The molecule has 1 N–H and O–H groups in total. The van der Waals surface area contributed by atoms with Gasteiger partial charge < -0.3 is 9.88 Å². The van der Waals surface area contributed by atoms with Crippen LogP contribution >= 0.6 is 0 Å². The first kappa shape index (κ1) is 15.5. The number of aryl methyl sites for hydroxylation is 2. The number of carbonyl (C=O) groups excluding carboxylic acids is 1. The third-order valence-corrected chi connectivity index (χ3v) is 7.02. The summed E-state index contributed by atoms with van der Waals surface area (Å²) in [5.74, 6) is 0.177. The Morgan fingerprint density at radius 1 is 1.11 bits per heavy atom. The standard InChI is InChI=1S/C24H24N2O/c1-15(27)26-14-24(11-12-24)21-19-7-2-3-8-20(19)25-22(21)23(26)18-10-9-16-5-4-6-17(16)13-18/h2-3,7-10,13,23,25H,4-6,11-12,14H2,1H3. The van der Waals surface area contributed by atoms with Gasteiger partial charge in [0.15, 0.2) is 0 Å². The van der Waals surface area contributed by atoms with Crippen LogP contribution < -0.4 is 0 Å². The summed E-state index contributed by atoms with van der Waals surface area (Å²) in [6.07, 6.45) is 5.97. The highest BCUT2D eigenvalue weighted by molar-refractivity contribution is 5.88. The number of hydrogen-bond donors (Lipinski definition) is 1. The number of nitrogens with one attached hydrogen (secondary N) is 1. The van der Waals surface area contributed by atoms with Crippen molar-refractivity contribution in [2.75, 3.05) is 6.54 Å². The predicted octanol–water partition coefficient (Wildman–Crippen LogP) is 4.64. The second kappa shape index (κ2) is 5.25. The molecule has 2 aromatic carbocycles. The van der Waals surface area contributed by atoms with Gasteiger partial charge in [0.1, 0.15) is 0 Å². The van der Waals surface area contributed by atoms with Gasteiger partial charge in [-0.15, -0.1) is 0 Å². The number of aromatic nitrogens is 1. The molecule has 1 atom stereocenters. The Bertz CT molecular complexity index is 1090. The third kappa shape index (κ3) is 2.11. The molecule has 27 heavy (non-hydrogen) atoms. The van der Waals surface area contributed by atoms with E-state index in [0.29, 0.717) is 0 Å². The molecule has 1 fully saturated rings. The van der Waals surface area contributed by atoms with Crippen LogP contribution in [0.1, 0.15) is 60.2 Å². The van der Waals surface area contributed by atoms with Crippen molar-refractivity contribution in [3.8, 4) is 0 Å². The second-order valence-corrected chi connectivity index (χ2v) is 8.67. The van der Waals surface area contributed by atoms with Gasteiger partial charge >= 0.3 is 0 Å². The number of para-hydroxylation sites is 1. The van der Waals surface area contributed by atoms with Gasteiger partial charge in [-0.3, -0.25) is 4.79 Å². The first-order valence-corrected chi connectivity index (χ1v) is 10.2. The van der Waals surface area contributed by atoms with Crippen LogP contribution in [0, 0.1) is 0 Å². The molecule has 0 bridgehead atoms.